The number of carboxylic acid groups (broad SMARTS) is 1. The number of carboxylic acids is 1. The summed E-state index contributed by atoms with van der Waals surface area (Å²) in [4.78, 5) is 27.7. The second-order valence-corrected chi connectivity index (χ2v) is 8.63. The number of nitrogens with zero attached hydrogens (tertiary/aromatic N) is 1. The van der Waals surface area contributed by atoms with Crippen molar-refractivity contribution in [1.82, 2.24) is 10.3 Å². The molecule has 0 atom stereocenters. The fourth-order valence-electron chi connectivity index (χ4n) is 4.14. The molecule has 0 aliphatic heterocycles. The lowest BCUT2D eigenvalue weighted by Gasteiger charge is -2.15. The lowest BCUT2D eigenvalue weighted by Crippen LogP contribution is -2.33. The molecule has 1 amide bonds. The van der Waals surface area contributed by atoms with Crippen LogP contribution in [-0.4, -0.2) is 34.8 Å². The highest BCUT2D eigenvalue weighted by Crippen LogP contribution is 2.22. The first-order valence-electron chi connectivity index (χ1n) is 12.0. The number of alkyl carbamates (subject to hydrolysis) is 1. The molecule has 2 aromatic carbocycles. The standard InChI is InChI=1S/C27H30N2O6/c30-25(31)13-11-19-10-12-24(16-21(19)17-35-27(32)29-22-8-4-5-9-22)33-15-14-23-18-34-26(28-23)20-6-2-1-3-7-20/h1-3,6-7,10,12,16,18,22H,4-5,8-9,11,13-15,17H2,(H,29,32)(H,30,31). The smallest absolute Gasteiger partial charge is 0.407 e. The summed E-state index contributed by atoms with van der Waals surface area (Å²) < 4.78 is 16.9. The minimum Gasteiger partial charge on any atom is -0.493 e. The zero-order valence-corrected chi connectivity index (χ0v) is 19.6. The molecule has 1 aliphatic carbocycles. The number of rotatable bonds is 11. The summed E-state index contributed by atoms with van der Waals surface area (Å²) in [7, 11) is 0. The first-order chi connectivity index (χ1) is 17.1. The SMILES string of the molecule is O=C(O)CCc1ccc(OCCc2coc(-c3ccccc3)n2)cc1COC(=O)NC1CCCC1. The highest BCUT2D eigenvalue weighted by Gasteiger charge is 2.18. The van der Waals surface area contributed by atoms with E-state index in [-0.39, 0.29) is 19.1 Å². The Balaban J connectivity index is 1.34. The van der Waals surface area contributed by atoms with Gasteiger partial charge >= 0.3 is 12.1 Å². The summed E-state index contributed by atoms with van der Waals surface area (Å²) in [6.45, 7) is 0.437. The van der Waals surface area contributed by atoms with Gasteiger partial charge in [-0.1, -0.05) is 37.1 Å². The second-order valence-electron chi connectivity index (χ2n) is 8.63. The number of aromatic nitrogens is 1. The Morgan fingerprint density at radius 2 is 1.86 bits per heavy atom. The fourth-order valence-corrected chi connectivity index (χ4v) is 4.14. The molecule has 8 heteroatoms. The Bertz CT molecular complexity index is 1120. The van der Waals surface area contributed by atoms with Gasteiger partial charge in [0.2, 0.25) is 5.89 Å². The van der Waals surface area contributed by atoms with Gasteiger partial charge in [-0.25, -0.2) is 9.78 Å². The van der Waals surface area contributed by atoms with E-state index in [0.717, 1.165) is 48.1 Å². The average molecular weight is 479 g/mol. The summed E-state index contributed by atoms with van der Waals surface area (Å²) in [5.41, 5.74) is 3.25. The molecule has 0 unspecified atom stereocenters. The van der Waals surface area contributed by atoms with Gasteiger partial charge in [0.1, 0.15) is 18.6 Å². The van der Waals surface area contributed by atoms with E-state index in [4.69, 9.17) is 19.0 Å². The van der Waals surface area contributed by atoms with Gasteiger partial charge in [0.15, 0.2) is 0 Å². The topological polar surface area (TPSA) is 111 Å². The predicted molar refractivity (Wildman–Crippen MR) is 129 cm³/mol. The molecule has 1 fully saturated rings. The van der Waals surface area contributed by atoms with Crippen molar-refractivity contribution < 1.29 is 28.6 Å². The summed E-state index contributed by atoms with van der Waals surface area (Å²) in [5.74, 6) is 0.308. The van der Waals surface area contributed by atoms with E-state index in [9.17, 15) is 9.59 Å². The van der Waals surface area contributed by atoms with Crippen LogP contribution in [0.15, 0.2) is 59.2 Å². The quantitative estimate of drug-likeness (QED) is 0.392. The number of nitrogens with one attached hydrogen (secondary N) is 1. The van der Waals surface area contributed by atoms with E-state index in [1.807, 2.05) is 36.4 Å². The van der Waals surface area contributed by atoms with Crippen molar-refractivity contribution in [2.24, 2.45) is 0 Å². The van der Waals surface area contributed by atoms with Crippen molar-refractivity contribution in [3.63, 3.8) is 0 Å². The third-order valence-corrected chi connectivity index (χ3v) is 6.02. The number of hydrogen-bond donors (Lipinski definition) is 2. The van der Waals surface area contributed by atoms with Gasteiger partial charge in [0.25, 0.3) is 0 Å². The van der Waals surface area contributed by atoms with Crippen molar-refractivity contribution in [2.45, 2.75) is 57.6 Å². The van der Waals surface area contributed by atoms with Gasteiger partial charge in [-0.05, 0) is 54.7 Å². The molecule has 4 rings (SSSR count). The highest BCUT2D eigenvalue weighted by molar-refractivity contribution is 5.68. The van der Waals surface area contributed by atoms with Crippen LogP contribution in [0, 0.1) is 0 Å². The lowest BCUT2D eigenvalue weighted by molar-refractivity contribution is -0.136. The number of benzene rings is 2. The zero-order chi connectivity index (χ0) is 24.5. The predicted octanol–water partition coefficient (Wildman–Crippen LogP) is 5.15. The molecule has 2 N–H and O–H groups in total. The molecular formula is C27H30N2O6. The zero-order valence-electron chi connectivity index (χ0n) is 19.6. The third kappa shape index (κ3) is 7.34. The molecule has 0 saturated heterocycles. The normalized spacial score (nSPS) is 13.5. The van der Waals surface area contributed by atoms with Crippen LogP contribution in [0.3, 0.4) is 0 Å². The molecule has 8 nitrogen and oxygen atoms in total. The Morgan fingerprint density at radius 1 is 1.06 bits per heavy atom. The molecule has 3 aromatic rings. The molecule has 0 spiro atoms. The monoisotopic (exact) mass is 478 g/mol. The maximum absolute atomic E-state index is 12.2. The summed E-state index contributed by atoms with van der Waals surface area (Å²) >= 11 is 0. The number of oxazole rings is 1. The van der Waals surface area contributed by atoms with Crippen LogP contribution in [0.25, 0.3) is 11.5 Å². The van der Waals surface area contributed by atoms with Crippen LogP contribution in [0.1, 0.15) is 48.9 Å². The first-order valence-corrected chi connectivity index (χ1v) is 12.0. The van der Waals surface area contributed by atoms with Gasteiger partial charge in [-0.2, -0.15) is 0 Å². The molecule has 35 heavy (non-hydrogen) atoms. The van der Waals surface area contributed by atoms with Gasteiger partial charge in [-0.15, -0.1) is 0 Å². The average Bonchev–Trinajstić information content (AvgIpc) is 3.55. The molecule has 0 bridgehead atoms. The van der Waals surface area contributed by atoms with Crippen LogP contribution >= 0.6 is 0 Å². The van der Waals surface area contributed by atoms with Crippen molar-refractivity contribution in [1.29, 1.82) is 0 Å². The Kier molecular flexibility index (Phi) is 8.38. The van der Waals surface area contributed by atoms with Crippen LogP contribution in [0.5, 0.6) is 5.75 Å². The number of aliphatic carboxylic acids is 1. The molecule has 1 heterocycles. The lowest BCUT2D eigenvalue weighted by atomic mass is 10.0. The second kappa shape index (κ2) is 12.1. The van der Waals surface area contributed by atoms with Crippen molar-refractivity contribution in [3.8, 4) is 17.2 Å². The largest absolute Gasteiger partial charge is 0.493 e. The van der Waals surface area contributed by atoms with E-state index in [0.29, 0.717) is 31.1 Å². The van der Waals surface area contributed by atoms with Crippen molar-refractivity contribution in [3.05, 3.63) is 71.6 Å². The molecular weight excluding hydrogens is 448 g/mol. The van der Waals surface area contributed by atoms with E-state index < -0.39 is 12.1 Å². The van der Waals surface area contributed by atoms with Crippen LogP contribution < -0.4 is 10.1 Å². The van der Waals surface area contributed by atoms with Gasteiger partial charge in [-0.3, -0.25) is 4.79 Å². The molecule has 1 aromatic heterocycles. The van der Waals surface area contributed by atoms with Crippen molar-refractivity contribution >= 4 is 12.1 Å². The number of carbonyl (C=O) groups is 2. The number of carbonyl (C=O) groups excluding carboxylic acids is 1. The number of aryl methyl sites for hydroxylation is 1. The van der Waals surface area contributed by atoms with Gasteiger partial charge in [0.05, 0.1) is 12.3 Å². The number of amides is 1. The molecule has 184 valence electrons. The Hall–Kier alpha value is -3.81. The van der Waals surface area contributed by atoms with E-state index in [2.05, 4.69) is 10.3 Å². The van der Waals surface area contributed by atoms with E-state index in [1.54, 1.807) is 18.4 Å². The Morgan fingerprint density at radius 3 is 2.63 bits per heavy atom. The molecule has 1 saturated carbocycles. The van der Waals surface area contributed by atoms with E-state index in [1.165, 1.54) is 0 Å². The van der Waals surface area contributed by atoms with E-state index >= 15 is 0 Å². The Labute approximate surface area is 204 Å². The first kappa shape index (κ1) is 24.3. The van der Waals surface area contributed by atoms with Gasteiger partial charge < -0.3 is 24.3 Å². The summed E-state index contributed by atoms with van der Waals surface area (Å²) in [6, 6.07) is 15.3. The fraction of sp³-hybridized carbons (Fsp3) is 0.370. The minimum atomic E-state index is -0.876. The number of ether oxygens (including phenoxy) is 2. The maximum Gasteiger partial charge on any atom is 0.407 e. The maximum atomic E-state index is 12.2. The summed E-state index contributed by atoms with van der Waals surface area (Å²) in [6.07, 6.45) is 6.26. The highest BCUT2D eigenvalue weighted by atomic mass is 16.5. The number of hydrogen-bond acceptors (Lipinski definition) is 6. The third-order valence-electron chi connectivity index (χ3n) is 6.02. The summed E-state index contributed by atoms with van der Waals surface area (Å²) in [5, 5.41) is 12.0. The van der Waals surface area contributed by atoms with Crippen LogP contribution in [-0.2, 0) is 29.0 Å². The van der Waals surface area contributed by atoms with Gasteiger partial charge in [0, 0.05) is 24.4 Å². The molecule has 0 radical (unpaired) electrons. The van der Waals surface area contributed by atoms with Crippen molar-refractivity contribution in [2.75, 3.05) is 6.61 Å². The van der Waals surface area contributed by atoms with Crippen LogP contribution in [0.2, 0.25) is 0 Å². The molecule has 1 aliphatic rings. The minimum absolute atomic E-state index is 0.00260. The van der Waals surface area contributed by atoms with Crippen LogP contribution in [0.4, 0.5) is 4.79 Å².